The molecule has 0 N–H and O–H groups in total. The number of fused-ring (bicyclic) bond motifs is 4. The second kappa shape index (κ2) is 6.39. The zero-order chi connectivity index (χ0) is 20.3. The van der Waals surface area contributed by atoms with E-state index in [2.05, 4.69) is 0 Å². The van der Waals surface area contributed by atoms with Crippen molar-refractivity contribution in [3.63, 3.8) is 0 Å². The van der Waals surface area contributed by atoms with Crippen molar-refractivity contribution in [1.82, 2.24) is 4.90 Å². The minimum absolute atomic E-state index is 0.0724. The number of hydrogen-bond acceptors (Lipinski definition) is 5. The molecule has 6 nitrogen and oxygen atoms in total. The highest BCUT2D eigenvalue weighted by atomic mass is 35.5. The molecular weight excluding hydrogens is 402 g/mol. The highest BCUT2D eigenvalue weighted by Crippen LogP contribution is 2.52. The Bertz CT molecular complexity index is 1050. The Labute approximate surface area is 168 Å². The van der Waals surface area contributed by atoms with Crippen LogP contribution >= 0.6 is 11.6 Å². The Morgan fingerprint density at radius 3 is 2.54 bits per heavy atom. The predicted molar refractivity (Wildman–Crippen MR) is 105 cm³/mol. The lowest BCUT2D eigenvalue weighted by Gasteiger charge is -2.51. The van der Waals surface area contributed by atoms with E-state index in [0.717, 1.165) is 0 Å². The van der Waals surface area contributed by atoms with Gasteiger partial charge in [-0.15, -0.1) is 0 Å². The molecule has 0 saturated carbocycles. The van der Waals surface area contributed by atoms with Crippen molar-refractivity contribution in [1.29, 1.82) is 0 Å². The van der Waals surface area contributed by atoms with Crippen LogP contribution in [0.4, 0.5) is 0 Å². The molecule has 0 unspecified atom stereocenters. The number of sulfone groups is 1. The van der Waals surface area contributed by atoms with Gasteiger partial charge in [-0.3, -0.25) is 4.79 Å². The van der Waals surface area contributed by atoms with Gasteiger partial charge in [0.15, 0.2) is 32.3 Å². The van der Waals surface area contributed by atoms with E-state index in [1.807, 2.05) is 0 Å². The Kier molecular flexibility index (Phi) is 4.35. The number of carbonyl (C=O) groups excluding carboxylic acids is 1. The van der Waals surface area contributed by atoms with Gasteiger partial charge in [-0.05, 0) is 37.3 Å². The molecule has 148 valence electrons. The first-order valence-corrected chi connectivity index (χ1v) is 10.7. The highest BCUT2D eigenvalue weighted by molar-refractivity contribution is 7.92. The number of methoxy groups -OCH3 is 1. The summed E-state index contributed by atoms with van der Waals surface area (Å²) in [6.07, 6.45) is 0.368. The van der Waals surface area contributed by atoms with Gasteiger partial charge in [0.2, 0.25) is 5.91 Å². The fourth-order valence-corrected chi connectivity index (χ4v) is 6.10. The molecule has 1 amide bonds. The van der Waals surface area contributed by atoms with E-state index in [0.29, 0.717) is 28.5 Å². The molecular formula is C20H20ClNO5S. The van der Waals surface area contributed by atoms with Gasteiger partial charge in [-0.25, -0.2) is 8.42 Å². The summed E-state index contributed by atoms with van der Waals surface area (Å²) in [5, 5.41) is -0.818. The van der Waals surface area contributed by atoms with Gasteiger partial charge in [0.1, 0.15) is 0 Å². The smallest absolute Gasteiger partial charge is 0.244 e. The maximum Gasteiger partial charge on any atom is 0.244 e. The maximum atomic E-state index is 13.5. The van der Waals surface area contributed by atoms with Gasteiger partial charge in [-0.2, -0.15) is 0 Å². The summed E-state index contributed by atoms with van der Waals surface area (Å²) in [4.78, 5) is 14.7. The molecule has 2 aromatic rings. The van der Waals surface area contributed by atoms with Gasteiger partial charge >= 0.3 is 0 Å². The summed E-state index contributed by atoms with van der Waals surface area (Å²) in [6.45, 7) is 1.79. The molecule has 0 spiro atoms. The SMILES string of the molecule is COc1cccc2c1O[C@@]1(C)C[C@H]2[C@H](S(=O)(=O)c2ccc(Cl)cc2)C(=O)N1C. The van der Waals surface area contributed by atoms with E-state index in [-0.39, 0.29) is 4.90 Å². The number of nitrogens with zero attached hydrogens (tertiary/aromatic N) is 1. The molecule has 0 radical (unpaired) electrons. The van der Waals surface area contributed by atoms with Crippen LogP contribution in [0.25, 0.3) is 0 Å². The Balaban J connectivity index is 1.91. The summed E-state index contributed by atoms with van der Waals surface area (Å²) in [6, 6.07) is 11.2. The average Bonchev–Trinajstić information content (AvgIpc) is 2.66. The van der Waals surface area contributed by atoms with Gasteiger partial charge in [-0.1, -0.05) is 23.7 Å². The monoisotopic (exact) mass is 421 g/mol. The molecule has 8 heteroatoms. The molecule has 1 fully saturated rings. The summed E-state index contributed by atoms with van der Waals surface area (Å²) >= 11 is 5.90. The first kappa shape index (κ1) is 19.1. The van der Waals surface area contributed by atoms with Crippen LogP contribution in [0.3, 0.4) is 0 Å². The predicted octanol–water partition coefficient (Wildman–Crippen LogP) is 3.25. The second-order valence-corrected chi connectivity index (χ2v) is 9.79. The number of carbonyl (C=O) groups is 1. The van der Waals surface area contributed by atoms with Crippen LogP contribution in [-0.2, 0) is 14.6 Å². The minimum atomic E-state index is -3.95. The molecule has 2 heterocycles. The number of ether oxygens (including phenoxy) is 2. The summed E-state index contributed by atoms with van der Waals surface area (Å²) < 4.78 is 38.5. The minimum Gasteiger partial charge on any atom is -0.493 e. The summed E-state index contributed by atoms with van der Waals surface area (Å²) in [5.74, 6) is -0.0337. The van der Waals surface area contributed by atoms with Gasteiger partial charge in [0.05, 0.1) is 12.0 Å². The van der Waals surface area contributed by atoms with Gasteiger partial charge < -0.3 is 14.4 Å². The van der Waals surface area contributed by atoms with Crippen molar-refractivity contribution in [2.45, 2.75) is 35.1 Å². The number of hydrogen-bond donors (Lipinski definition) is 0. The van der Waals surface area contributed by atoms with E-state index < -0.39 is 32.6 Å². The Hall–Kier alpha value is -2.25. The van der Waals surface area contributed by atoms with Crippen molar-refractivity contribution in [3.05, 3.63) is 53.1 Å². The van der Waals surface area contributed by atoms with E-state index in [9.17, 15) is 13.2 Å². The molecule has 0 aliphatic carbocycles. The maximum absolute atomic E-state index is 13.5. The molecule has 3 atom stereocenters. The van der Waals surface area contributed by atoms with E-state index in [4.69, 9.17) is 21.1 Å². The number of benzene rings is 2. The third-order valence-electron chi connectivity index (χ3n) is 5.67. The Morgan fingerprint density at radius 1 is 1.21 bits per heavy atom. The van der Waals surface area contributed by atoms with Crippen molar-refractivity contribution in [3.8, 4) is 11.5 Å². The third-order valence-corrected chi connectivity index (χ3v) is 8.05. The number of rotatable bonds is 3. The Morgan fingerprint density at radius 2 is 1.89 bits per heavy atom. The topological polar surface area (TPSA) is 72.9 Å². The van der Waals surface area contributed by atoms with Crippen LogP contribution in [-0.4, -0.2) is 44.4 Å². The third kappa shape index (κ3) is 2.68. The lowest BCUT2D eigenvalue weighted by molar-refractivity contribution is -0.160. The summed E-state index contributed by atoms with van der Waals surface area (Å²) in [5.41, 5.74) is -0.282. The fourth-order valence-electron chi connectivity index (χ4n) is 4.07. The number of para-hydroxylation sites is 1. The first-order chi connectivity index (χ1) is 13.2. The van der Waals surface area contributed by atoms with Crippen molar-refractivity contribution < 1.29 is 22.7 Å². The zero-order valence-corrected chi connectivity index (χ0v) is 17.3. The lowest BCUT2D eigenvalue weighted by Crippen LogP contribution is -2.64. The molecule has 2 bridgehead atoms. The number of likely N-dealkylation sites (tertiary alicyclic amines) is 1. The van der Waals surface area contributed by atoms with Crippen molar-refractivity contribution >= 4 is 27.3 Å². The molecule has 2 aliphatic heterocycles. The van der Waals surface area contributed by atoms with Crippen LogP contribution in [0.1, 0.15) is 24.8 Å². The number of halogens is 1. The first-order valence-electron chi connectivity index (χ1n) is 8.82. The van der Waals surface area contributed by atoms with E-state index >= 15 is 0 Å². The summed E-state index contributed by atoms with van der Waals surface area (Å²) in [7, 11) is -0.844. The van der Waals surface area contributed by atoms with Gasteiger partial charge in [0, 0.05) is 30.0 Å². The van der Waals surface area contributed by atoms with Crippen LogP contribution in [0.15, 0.2) is 47.4 Å². The molecule has 28 heavy (non-hydrogen) atoms. The van der Waals surface area contributed by atoms with E-state index in [1.54, 1.807) is 32.2 Å². The highest BCUT2D eigenvalue weighted by Gasteiger charge is 2.57. The molecule has 2 aromatic carbocycles. The quantitative estimate of drug-likeness (QED) is 0.760. The number of piperidine rings is 1. The average molecular weight is 422 g/mol. The second-order valence-electron chi connectivity index (χ2n) is 7.28. The van der Waals surface area contributed by atoms with Crippen LogP contribution in [0.2, 0.25) is 5.02 Å². The zero-order valence-electron chi connectivity index (χ0n) is 15.7. The normalized spacial score (nSPS) is 26.4. The van der Waals surface area contributed by atoms with Crippen LogP contribution < -0.4 is 9.47 Å². The lowest BCUT2D eigenvalue weighted by atomic mass is 9.80. The molecule has 0 aromatic heterocycles. The molecule has 2 aliphatic rings. The molecule has 1 saturated heterocycles. The van der Waals surface area contributed by atoms with Gasteiger partial charge in [0.25, 0.3) is 0 Å². The largest absolute Gasteiger partial charge is 0.493 e. The van der Waals surface area contributed by atoms with Crippen LogP contribution in [0, 0.1) is 0 Å². The standard InChI is InChI=1S/C20H20ClNO5S/c1-20-11-15(14-5-4-6-16(26-3)17(14)27-20)18(19(23)22(20)2)28(24,25)13-9-7-12(21)8-10-13/h4-10,15,18H,11H2,1-3H3/t15-,18+,20+/m1/s1. The molecule has 4 rings (SSSR count). The van der Waals surface area contributed by atoms with E-state index in [1.165, 1.54) is 36.3 Å². The fraction of sp³-hybridized carbons (Fsp3) is 0.350. The van der Waals surface area contributed by atoms with Crippen LogP contribution in [0.5, 0.6) is 11.5 Å². The number of amides is 1. The van der Waals surface area contributed by atoms with Crippen molar-refractivity contribution in [2.24, 2.45) is 0 Å². The van der Waals surface area contributed by atoms with Crippen molar-refractivity contribution in [2.75, 3.05) is 14.2 Å².